The number of nitrogens with zero attached hydrogens (tertiary/aromatic N) is 1. The van der Waals surface area contributed by atoms with Gasteiger partial charge in [0.15, 0.2) is 0 Å². The Morgan fingerprint density at radius 1 is 1.14 bits per heavy atom. The van der Waals surface area contributed by atoms with Crippen LogP contribution in [0.1, 0.15) is 19.8 Å². The Kier molecular flexibility index (Phi) is 4.06. The predicted molar refractivity (Wildman–Crippen MR) is 90.1 cm³/mol. The first-order valence-corrected chi connectivity index (χ1v) is 8.02. The Hall–Kier alpha value is -2.07. The highest BCUT2D eigenvalue weighted by atomic mass is 32.1. The lowest BCUT2D eigenvalue weighted by atomic mass is 10.2. The molecule has 3 rings (SSSR count). The van der Waals surface area contributed by atoms with Gasteiger partial charge in [-0.1, -0.05) is 13.3 Å². The molecular formula is C17H18N2OS. The first-order chi connectivity index (χ1) is 10.3. The third-order valence-corrected chi connectivity index (χ3v) is 4.43. The van der Waals surface area contributed by atoms with Gasteiger partial charge in [0.05, 0.1) is 10.2 Å². The summed E-state index contributed by atoms with van der Waals surface area (Å²) < 4.78 is 1.01. The number of hydrogen-bond acceptors (Lipinski definition) is 4. The number of aromatic hydroxyl groups is 1. The first kappa shape index (κ1) is 13.9. The average Bonchev–Trinajstić information content (AvgIpc) is 2.91. The number of unbranched alkanes of at least 4 members (excludes halogenated alkanes) is 1. The molecule has 108 valence electrons. The van der Waals surface area contributed by atoms with Crippen LogP contribution in [0.25, 0.3) is 20.8 Å². The molecule has 0 aliphatic heterocycles. The number of anilines is 1. The van der Waals surface area contributed by atoms with Gasteiger partial charge in [-0.15, -0.1) is 11.3 Å². The van der Waals surface area contributed by atoms with E-state index in [1.807, 2.05) is 6.07 Å². The maximum Gasteiger partial charge on any atom is 0.124 e. The van der Waals surface area contributed by atoms with Gasteiger partial charge in [-0.2, -0.15) is 0 Å². The highest BCUT2D eigenvalue weighted by Gasteiger charge is 2.06. The second-order valence-electron chi connectivity index (χ2n) is 5.03. The van der Waals surface area contributed by atoms with Crippen LogP contribution in [0.15, 0.2) is 42.5 Å². The zero-order valence-electron chi connectivity index (χ0n) is 12.0. The standard InChI is InChI=1S/C17H18N2OS/c1-2-3-10-18-13-6-4-12(5-7-13)17-19-15-9-8-14(20)11-16(15)21-17/h4-9,11,18,20H,2-3,10H2,1H3. The predicted octanol–water partition coefficient (Wildman–Crippen LogP) is 4.88. The Morgan fingerprint density at radius 3 is 2.71 bits per heavy atom. The largest absolute Gasteiger partial charge is 0.508 e. The van der Waals surface area contributed by atoms with Gasteiger partial charge in [-0.25, -0.2) is 4.98 Å². The van der Waals surface area contributed by atoms with Crippen LogP contribution in [0.2, 0.25) is 0 Å². The number of benzene rings is 2. The van der Waals surface area contributed by atoms with E-state index < -0.39 is 0 Å². The first-order valence-electron chi connectivity index (χ1n) is 7.20. The van der Waals surface area contributed by atoms with Crippen LogP contribution in [0.3, 0.4) is 0 Å². The maximum atomic E-state index is 9.52. The molecule has 0 radical (unpaired) electrons. The number of phenols is 1. The molecule has 21 heavy (non-hydrogen) atoms. The summed E-state index contributed by atoms with van der Waals surface area (Å²) in [4.78, 5) is 4.62. The molecule has 3 nitrogen and oxygen atoms in total. The van der Waals surface area contributed by atoms with Crippen molar-refractivity contribution in [2.45, 2.75) is 19.8 Å². The van der Waals surface area contributed by atoms with Crippen molar-refractivity contribution in [3.05, 3.63) is 42.5 Å². The van der Waals surface area contributed by atoms with Crippen LogP contribution in [0.5, 0.6) is 5.75 Å². The summed E-state index contributed by atoms with van der Waals surface area (Å²) in [5.74, 6) is 0.285. The fraction of sp³-hybridized carbons (Fsp3) is 0.235. The summed E-state index contributed by atoms with van der Waals surface area (Å²) in [6.45, 7) is 3.20. The summed E-state index contributed by atoms with van der Waals surface area (Å²) >= 11 is 1.60. The maximum absolute atomic E-state index is 9.52. The molecule has 0 unspecified atom stereocenters. The van der Waals surface area contributed by atoms with E-state index in [-0.39, 0.29) is 5.75 Å². The lowest BCUT2D eigenvalue weighted by Crippen LogP contribution is -2.00. The Labute approximate surface area is 128 Å². The molecular weight excluding hydrogens is 280 g/mol. The molecule has 2 N–H and O–H groups in total. The molecule has 3 aromatic rings. The van der Waals surface area contributed by atoms with Gasteiger partial charge >= 0.3 is 0 Å². The molecule has 0 aliphatic rings. The number of rotatable bonds is 5. The van der Waals surface area contributed by atoms with E-state index in [4.69, 9.17) is 0 Å². The number of phenolic OH excluding ortho intramolecular Hbond substituents is 1. The Bertz CT molecular complexity index is 734. The Morgan fingerprint density at radius 2 is 1.95 bits per heavy atom. The average molecular weight is 298 g/mol. The molecule has 0 fully saturated rings. The van der Waals surface area contributed by atoms with Gasteiger partial charge in [-0.05, 0) is 48.9 Å². The van der Waals surface area contributed by atoms with Crippen molar-refractivity contribution in [1.82, 2.24) is 4.98 Å². The lowest BCUT2D eigenvalue weighted by Gasteiger charge is -2.05. The van der Waals surface area contributed by atoms with Crippen molar-refractivity contribution < 1.29 is 5.11 Å². The number of aromatic nitrogens is 1. The fourth-order valence-electron chi connectivity index (χ4n) is 2.18. The monoisotopic (exact) mass is 298 g/mol. The highest BCUT2D eigenvalue weighted by Crippen LogP contribution is 2.32. The van der Waals surface area contributed by atoms with E-state index in [9.17, 15) is 5.11 Å². The van der Waals surface area contributed by atoms with Crippen LogP contribution in [-0.2, 0) is 0 Å². The van der Waals surface area contributed by atoms with Crippen molar-refractivity contribution in [1.29, 1.82) is 0 Å². The number of nitrogens with one attached hydrogen (secondary N) is 1. The molecule has 0 aliphatic carbocycles. The van der Waals surface area contributed by atoms with Crippen molar-refractivity contribution in [2.75, 3.05) is 11.9 Å². The van der Waals surface area contributed by atoms with Gasteiger partial charge in [-0.3, -0.25) is 0 Å². The quantitative estimate of drug-likeness (QED) is 0.660. The van der Waals surface area contributed by atoms with Crippen LogP contribution in [0, 0.1) is 0 Å². The van der Waals surface area contributed by atoms with Gasteiger partial charge in [0.1, 0.15) is 10.8 Å². The van der Waals surface area contributed by atoms with E-state index in [0.29, 0.717) is 0 Å². The van der Waals surface area contributed by atoms with Crippen molar-refractivity contribution in [3.63, 3.8) is 0 Å². The summed E-state index contributed by atoms with van der Waals surface area (Å²) in [5.41, 5.74) is 3.18. The van der Waals surface area contributed by atoms with Gasteiger partial charge in [0, 0.05) is 17.8 Å². The smallest absolute Gasteiger partial charge is 0.124 e. The summed E-state index contributed by atoms with van der Waals surface area (Å²) in [5, 5.41) is 13.9. The van der Waals surface area contributed by atoms with E-state index in [1.165, 1.54) is 12.8 Å². The third kappa shape index (κ3) is 3.16. The molecule has 0 atom stereocenters. The van der Waals surface area contributed by atoms with Crippen molar-refractivity contribution >= 4 is 27.2 Å². The number of hydrogen-bond donors (Lipinski definition) is 2. The zero-order chi connectivity index (χ0) is 14.7. The minimum absolute atomic E-state index is 0.285. The van der Waals surface area contributed by atoms with E-state index in [2.05, 4.69) is 41.5 Å². The molecule has 1 aromatic heterocycles. The summed E-state index contributed by atoms with van der Waals surface area (Å²) in [6, 6.07) is 13.6. The second kappa shape index (κ2) is 6.14. The van der Waals surface area contributed by atoms with Crippen LogP contribution in [-0.4, -0.2) is 16.6 Å². The van der Waals surface area contributed by atoms with Crippen LogP contribution >= 0.6 is 11.3 Å². The topological polar surface area (TPSA) is 45.2 Å². The minimum Gasteiger partial charge on any atom is -0.508 e. The number of fused-ring (bicyclic) bond motifs is 1. The van der Waals surface area contributed by atoms with Crippen LogP contribution in [0.4, 0.5) is 5.69 Å². The van der Waals surface area contributed by atoms with Crippen molar-refractivity contribution in [2.24, 2.45) is 0 Å². The molecule has 2 aromatic carbocycles. The zero-order valence-corrected chi connectivity index (χ0v) is 12.8. The lowest BCUT2D eigenvalue weighted by molar-refractivity contribution is 0.476. The van der Waals surface area contributed by atoms with Gasteiger partial charge in [0.25, 0.3) is 0 Å². The molecule has 1 heterocycles. The summed E-state index contributed by atoms with van der Waals surface area (Å²) in [6.07, 6.45) is 2.38. The molecule has 0 spiro atoms. The molecule has 0 amide bonds. The summed E-state index contributed by atoms with van der Waals surface area (Å²) in [7, 11) is 0. The molecule has 0 saturated carbocycles. The third-order valence-electron chi connectivity index (χ3n) is 3.36. The second-order valence-corrected chi connectivity index (χ2v) is 6.06. The van der Waals surface area contributed by atoms with Crippen LogP contribution < -0.4 is 5.32 Å². The SMILES string of the molecule is CCCCNc1ccc(-c2nc3ccc(O)cc3s2)cc1. The minimum atomic E-state index is 0.285. The van der Waals surface area contributed by atoms with Gasteiger partial charge < -0.3 is 10.4 Å². The fourth-order valence-corrected chi connectivity index (χ4v) is 3.18. The van der Waals surface area contributed by atoms with E-state index in [1.54, 1.807) is 23.5 Å². The normalized spacial score (nSPS) is 10.9. The Balaban J connectivity index is 1.81. The molecule has 0 saturated heterocycles. The van der Waals surface area contributed by atoms with Crippen molar-refractivity contribution in [3.8, 4) is 16.3 Å². The van der Waals surface area contributed by atoms with E-state index in [0.717, 1.165) is 33.0 Å². The molecule has 0 bridgehead atoms. The number of thiazole rings is 1. The van der Waals surface area contributed by atoms with Gasteiger partial charge in [0.2, 0.25) is 0 Å². The molecule has 4 heteroatoms. The van der Waals surface area contributed by atoms with E-state index >= 15 is 0 Å². The highest BCUT2D eigenvalue weighted by molar-refractivity contribution is 7.21.